The molecule has 2 atom stereocenters. The molecular formula is C13H21NO2. The maximum Gasteiger partial charge on any atom is 0.120 e. The van der Waals surface area contributed by atoms with Crippen LogP contribution in [0.2, 0.25) is 0 Å². The van der Waals surface area contributed by atoms with Crippen LogP contribution in [0.15, 0.2) is 24.3 Å². The molecule has 90 valence electrons. The number of para-hydroxylation sites is 1. The highest BCUT2D eigenvalue weighted by molar-refractivity contribution is 5.34. The molecule has 0 aliphatic carbocycles. The Balaban J connectivity index is 2.52. The number of hydrogen-bond donors (Lipinski definition) is 2. The van der Waals surface area contributed by atoms with Gasteiger partial charge in [0.05, 0.1) is 6.61 Å². The van der Waals surface area contributed by atoms with Crippen LogP contribution in [0, 0.1) is 0 Å². The number of ether oxygens (including phenoxy) is 1. The van der Waals surface area contributed by atoms with Crippen LogP contribution >= 0.6 is 0 Å². The predicted octanol–water partition coefficient (Wildman–Crippen LogP) is 2.47. The Morgan fingerprint density at radius 3 is 2.62 bits per heavy atom. The third-order valence-electron chi connectivity index (χ3n) is 2.51. The zero-order valence-corrected chi connectivity index (χ0v) is 10.2. The number of phenolic OH excluding ortho intramolecular Hbond substituents is 1. The molecule has 3 nitrogen and oxygen atoms in total. The fraction of sp³-hybridized carbons (Fsp3) is 0.538. The molecule has 0 heterocycles. The van der Waals surface area contributed by atoms with Gasteiger partial charge in [0.15, 0.2) is 0 Å². The third-order valence-corrected chi connectivity index (χ3v) is 2.51. The third kappa shape index (κ3) is 3.83. The Bertz CT molecular complexity index is 315. The predicted molar refractivity (Wildman–Crippen MR) is 65.6 cm³/mol. The van der Waals surface area contributed by atoms with Crippen LogP contribution in [0.4, 0.5) is 0 Å². The fourth-order valence-corrected chi connectivity index (χ4v) is 1.71. The molecule has 1 aromatic carbocycles. The van der Waals surface area contributed by atoms with Crippen LogP contribution in [0.5, 0.6) is 5.75 Å². The smallest absolute Gasteiger partial charge is 0.120 e. The van der Waals surface area contributed by atoms with E-state index < -0.39 is 0 Å². The van der Waals surface area contributed by atoms with Gasteiger partial charge in [0.25, 0.3) is 0 Å². The van der Waals surface area contributed by atoms with Crippen LogP contribution < -0.4 is 5.32 Å². The topological polar surface area (TPSA) is 41.5 Å². The minimum atomic E-state index is 0.122. The van der Waals surface area contributed by atoms with E-state index in [1.807, 2.05) is 32.0 Å². The molecule has 0 bridgehead atoms. The molecule has 0 saturated heterocycles. The van der Waals surface area contributed by atoms with Gasteiger partial charge in [-0.15, -0.1) is 0 Å². The first-order valence-corrected chi connectivity index (χ1v) is 5.76. The Labute approximate surface area is 97.4 Å². The highest BCUT2D eigenvalue weighted by Crippen LogP contribution is 2.23. The first-order chi connectivity index (χ1) is 7.65. The van der Waals surface area contributed by atoms with Gasteiger partial charge in [-0.3, -0.25) is 0 Å². The van der Waals surface area contributed by atoms with Gasteiger partial charge in [-0.2, -0.15) is 0 Å². The highest BCUT2D eigenvalue weighted by Gasteiger charge is 2.12. The Morgan fingerprint density at radius 2 is 2.00 bits per heavy atom. The Morgan fingerprint density at radius 1 is 1.31 bits per heavy atom. The average Bonchev–Trinajstić information content (AvgIpc) is 2.26. The van der Waals surface area contributed by atoms with Crippen molar-refractivity contribution in [3.63, 3.8) is 0 Å². The van der Waals surface area contributed by atoms with Crippen molar-refractivity contribution in [3.8, 4) is 5.75 Å². The second-order valence-electron chi connectivity index (χ2n) is 4.01. The van der Waals surface area contributed by atoms with Crippen LogP contribution in [-0.2, 0) is 4.74 Å². The number of rotatable bonds is 6. The second-order valence-corrected chi connectivity index (χ2v) is 4.01. The zero-order valence-electron chi connectivity index (χ0n) is 10.2. The molecule has 0 saturated carbocycles. The lowest BCUT2D eigenvalue weighted by Crippen LogP contribution is -2.32. The normalized spacial score (nSPS) is 14.7. The summed E-state index contributed by atoms with van der Waals surface area (Å²) in [4.78, 5) is 0. The van der Waals surface area contributed by atoms with Crippen molar-refractivity contribution in [1.82, 2.24) is 5.32 Å². The molecule has 1 aromatic rings. The molecule has 0 radical (unpaired) electrons. The maximum absolute atomic E-state index is 9.70. The molecule has 0 amide bonds. The molecule has 0 fully saturated rings. The molecule has 0 aliphatic heterocycles. The molecule has 0 aromatic heterocycles. The van der Waals surface area contributed by atoms with E-state index in [4.69, 9.17) is 4.74 Å². The lowest BCUT2D eigenvalue weighted by atomic mass is 10.1. The standard InChI is InChI=1S/C13H21NO2/c1-4-16-9-10(2)14-11(3)12-7-5-6-8-13(12)15/h5-8,10-11,14-15H,4,9H2,1-3H3. The number of hydrogen-bond acceptors (Lipinski definition) is 3. The van der Waals surface area contributed by atoms with Crippen molar-refractivity contribution in [2.45, 2.75) is 32.9 Å². The van der Waals surface area contributed by atoms with Crippen molar-refractivity contribution < 1.29 is 9.84 Å². The Kier molecular flexibility index (Phi) is 5.29. The van der Waals surface area contributed by atoms with E-state index in [0.717, 1.165) is 12.2 Å². The molecule has 0 spiro atoms. The largest absolute Gasteiger partial charge is 0.508 e. The minimum Gasteiger partial charge on any atom is -0.508 e. The van der Waals surface area contributed by atoms with Crippen LogP contribution in [0.3, 0.4) is 0 Å². The molecule has 2 N–H and O–H groups in total. The first kappa shape index (κ1) is 13.0. The summed E-state index contributed by atoms with van der Waals surface area (Å²) in [6, 6.07) is 7.79. The van der Waals surface area contributed by atoms with Gasteiger partial charge in [0.2, 0.25) is 0 Å². The van der Waals surface area contributed by atoms with Gasteiger partial charge in [0.1, 0.15) is 5.75 Å². The van der Waals surface area contributed by atoms with Gasteiger partial charge >= 0.3 is 0 Å². The molecule has 0 aliphatic rings. The zero-order chi connectivity index (χ0) is 12.0. The minimum absolute atomic E-state index is 0.122. The quantitative estimate of drug-likeness (QED) is 0.778. The van der Waals surface area contributed by atoms with Crippen LogP contribution in [-0.4, -0.2) is 24.4 Å². The molecular weight excluding hydrogens is 202 g/mol. The van der Waals surface area contributed by atoms with Crippen molar-refractivity contribution in [2.24, 2.45) is 0 Å². The molecule has 16 heavy (non-hydrogen) atoms. The summed E-state index contributed by atoms with van der Waals surface area (Å²) < 4.78 is 5.34. The van der Waals surface area contributed by atoms with E-state index in [1.165, 1.54) is 0 Å². The van der Waals surface area contributed by atoms with E-state index in [1.54, 1.807) is 6.07 Å². The van der Waals surface area contributed by atoms with Gasteiger partial charge < -0.3 is 15.2 Å². The van der Waals surface area contributed by atoms with Crippen molar-refractivity contribution in [2.75, 3.05) is 13.2 Å². The molecule has 1 rings (SSSR count). The van der Waals surface area contributed by atoms with Gasteiger partial charge in [-0.25, -0.2) is 0 Å². The number of aromatic hydroxyl groups is 1. The van der Waals surface area contributed by atoms with E-state index in [0.29, 0.717) is 12.4 Å². The number of phenols is 1. The summed E-state index contributed by atoms with van der Waals surface area (Å²) in [5.41, 5.74) is 0.922. The van der Waals surface area contributed by atoms with Gasteiger partial charge in [0, 0.05) is 24.3 Å². The monoisotopic (exact) mass is 223 g/mol. The summed E-state index contributed by atoms with van der Waals surface area (Å²) in [7, 11) is 0. The Hall–Kier alpha value is -1.06. The van der Waals surface area contributed by atoms with E-state index in [2.05, 4.69) is 12.2 Å². The summed E-state index contributed by atoms with van der Waals surface area (Å²) in [5, 5.41) is 13.1. The lowest BCUT2D eigenvalue weighted by Gasteiger charge is -2.20. The van der Waals surface area contributed by atoms with Crippen molar-refractivity contribution in [3.05, 3.63) is 29.8 Å². The van der Waals surface area contributed by atoms with E-state index in [9.17, 15) is 5.11 Å². The summed E-state index contributed by atoms with van der Waals surface area (Å²) >= 11 is 0. The summed E-state index contributed by atoms with van der Waals surface area (Å²) in [5.74, 6) is 0.339. The summed E-state index contributed by atoms with van der Waals surface area (Å²) in [6.45, 7) is 7.52. The maximum atomic E-state index is 9.70. The van der Waals surface area contributed by atoms with E-state index >= 15 is 0 Å². The number of nitrogens with one attached hydrogen (secondary N) is 1. The van der Waals surface area contributed by atoms with E-state index in [-0.39, 0.29) is 12.1 Å². The molecule has 3 heteroatoms. The van der Waals surface area contributed by atoms with Crippen LogP contribution in [0.1, 0.15) is 32.4 Å². The SMILES string of the molecule is CCOCC(C)NC(C)c1ccccc1O. The lowest BCUT2D eigenvalue weighted by molar-refractivity contribution is 0.124. The van der Waals surface area contributed by atoms with Gasteiger partial charge in [-0.1, -0.05) is 18.2 Å². The van der Waals surface area contributed by atoms with Crippen molar-refractivity contribution in [1.29, 1.82) is 0 Å². The van der Waals surface area contributed by atoms with Crippen molar-refractivity contribution >= 4 is 0 Å². The average molecular weight is 223 g/mol. The van der Waals surface area contributed by atoms with Gasteiger partial charge in [-0.05, 0) is 26.8 Å². The van der Waals surface area contributed by atoms with Crippen LogP contribution in [0.25, 0.3) is 0 Å². The second kappa shape index (κ2) is 6.51. The first-order valence-electron chi connectivity index (χ1n) is 5.76. The summed E-state index contributed by atoms with van der Waals surface area (Å²) in [6.07, 6.45) is 0. The fourth-order valence-electron chi connectivity index (χ4n) is 1.71. The highest BCUT2D eigenvalue weighted by atomic mass is 16.5. The molecule has 2 unspecified atom stereocenters. The number of benzene rings is 1.